The van der Waals surface area contributed by atoms with Crippen LogP contribution in [0.15, 0.2) is 66.4 Å². The second-order valence-corrected chi connectivity index (χ2v) is 4.59. The molecule has 0 bridgehead atoms. The van der Waals surface area contributed by atoms with Crippen LogP contribution in [0.2, 0.25) is 0 Å². The van der Waals surface area contributed by atoms with E-state index < -0.39 is 7.32 Å². The second kappa shape index (κ2) is 5.74. The molecule has 0 aliphatic carbocycles. The van der Waals surface area contributed by atoms with Crippen LogP contribution in [0.25, 0.3) is 0 Å². The lowest BCUT2D eigenvalue weighted by atomic mass is 10.1. The number of rotatable bonds is 4. The maximum Gasteiger partial charge on any atom is 0.864 e. The molecule has 0 atom stereocenters. The molecule has 0 unspecified atom stereocenters. The highest BCUT2D eigenvalue weighted by Crippen LogP contribution is 2.33. The van der Waals surface area contributed by atoms with Gasteiger partial charge in [-0.25, -0.2) is 0 Å². The van der Waals surface area contributed by atoms with Crippen molar-refractivity contribution in [2.45, 2.75) is 13.3 Å². The molecule has 2 aromatic carbocycles. The molecule has 0 spiro atoms. The monoisotopic (exact) mass is 266 g/mol. The maximum atomic E-state index is 5.63. The van der Waals surface area contributed by atoms with Gasteiger partial charge in [-0.2, -0.15) is 0 Å². The Labute approximate surface area is 119 Å². The van der Waals surface area contributed by atoms with Crippen molar-refractivity contribution < 1.29 is 14.0 Å². The quantitative estimate of drug-likeness (QED) is 0.625. The van der Waals surface area contributed by atoms with Crippen molar-refractivity contribution in [1.82, 2.24) is 0 Å². The highest BCUT2D eigenvalue weighted by Gasteiger charge is 2.37. The van der Waals surface area contributed by atoms with Crippen LogP contribution in [0.3, 0.4) is 0 Å². The molecule has 3 rings (SSSR count). The summed E-state index contributed by atoms with van der Waals surface area (Å²) in [7, 11) is -0.695. The first-order valence-electron chi connectivity index (χ1n) is 6.61. The largest absolute Gasteiger partial charge is 0.864 e. The van der Waals surface area contributed by atoms with Crippen molar-refractivity contribution in [3.63, 3.8) is 0 Å². The molecule has 0 amide bonds. The number of hydrogen-bond acceptors (Lipinski definition) is 3. The SMILES string of the molecule is C/C(=C/Cc1ccccc1)OB1Oc2ccccc2O1. The molecule has 0 fully saturated rings. The Bertz CT molecular complexity index is 585. The lowest BCUT2D eigenvalue weighted by Crippen LogP contribution is -2.28. The smallest absolute Gasteiger partial charge is 0.494 e. The summed E-state index contributed by atoms with van der Waals surface area (Å²) >= 11 is 0. The summed E-state index contributed by atoms with van der Waals surface area (Å²) in [6.45, 7) is 1.90. The molecule has 1 aliphatic rings. The average molecular weight is 266 g/mol. The minimum atomic E-state index is -0.695. The van der Waals surface area contributed by atoms with E-state index in [9.17, 15) is 0 Å². The van der Waals surface area contributed by atoms with Gasteiger partial charge in [0.1, 0.15) is 11.5 Å². The zero-order valence-corrected chi connectivity index (χ0v) is 11.3. The molecule has 3 nitrogen and oxygen atoms in total. The van der Waals surface area contributed by atoms with E-state index in [4.69, 9.17) is 14.0 Å². The zero-order chi connectivity index (χ0) is 13.8. The Morgan fingerprint density at radius 2 is 1.60 bits per heavy atom. The summed E-state index contributed by atoms with van der Waals surface area (Å²) in [6, 6.07) is 17.8. The standard InChI is InChI=1S/C16H15BO3/c1-13(11-12-14-7-3-2-4-8-14)18-17-19-15-9-5-6-10-16(15)20-17/h2-11H,12H2,1H3/b13-11-. The van der Waals surface area contributed by atoms with Gasteiger partial charge in [-0.1, -0.05) is 42.5 Å². The third-order valence-corrected chi connectivity index (χ3v) is 3.05. The van der Waals surface area contributed by atoms with E-state index in [0.717, 1.165) is 12.2 Å². The molecule has 1 heterocycles. The van der Waals surface area contributed by atoms with E-state index in [0.29, 0.717) is 11.5 Å². The van der Waals surface area contributed by atoms with Crippen molar-refractivity contribution in [2.75, 3.05) is 0 Å². The Kier molecular flexibility index (Phi) is 3.63. The van der Waals surface area contributed by atoms with Crippen LogP contribution >= 0.6 is 0 Å². The number of allylic oxidation sites excluding steroid dienone is 2. The highest BCUT2D eigenvalue weighted by molar-refractivity contribution is 6.40. The van der Waals surface area contributed by atoms with Crippen LogP contribution < -0.4 is 9.31 Å². The van der Waals surface area contributed by atoms with E-state index in [2.05, 4.69) is 12.1 Å². The van der Waals surface area contributed by atoms with Gasteiger partial charge in [0.2, 0.25) is 0 Å². The van der Waals surface area contributed by atoms with Crippen molar-refractivity contribution in [2.24, 2.45) is 0 Å². The topological polar surface area (TPSA) is 27.7 Å². The molecule has 1 aliphatic heterocycles. The van der Waals surface area contributed by atoms with Crippen LogP contribution in [0.1, 0.15) is 12.5 Å². The van der Waals surface area contributed by atoms with E-state index in [1.165, 1.54) is 5.56 Å². The third-order valence-electron chi connectivity index (χ3n) is 3.05. The minimum absolute atomic E-state index is 0.695. The van der Waals surface area contributed by atoms with E-state index in [-0.39, 0.29) is 0 Å². The van der Waals surface area contributed by atoms with Gasteiger partial charge in [0.05, 0.1) is 5.76 Å². The predicted molar refractivity (Wildman–Crippen MR) is 78.4 cm³/mol. The van der Waals surface area contributed by atoms with Gasteiger partial charge in [-0.3, -0.25) is 0 Å². The minimum Gasteiger partial charge on any atom is -0.494 e. The molecule has 2 aromatic rings. The molecule has 0 radical (unpaired) electrons. The fourth-order valence-electron chi connectivity index (χ4n) is 2.00. The predicted octanol–water partition coefficient (Wildman–Crippen LogP) is 3.61. The summed E-state index contributed by atoms with van der Waals surface area (Å²) in [5.74, 6) is 2.22. The van der Waals surface area contributed by atoms with Crippen molar-refractivity contribution in [3.05, 3.63) is 72.0 Å². The molecule has 20 heavy (non-hydrogen) atoms. The fraction of sp³-hybridized carbons (Fsp3) is 0.125. The molecule has 4 heteroatoms. The Morgan fingerprint density at radius 1 is 1.00 bits per heavy atom. The van der Waals surface area contributed by atoms with Crippen LogP contribution in [0.5, 0.6) is 11.5 Å². The summed E-state index contributed by atoms with van der Waals surface area (Å²) in [6.07, 6.45) is 2.84. The van der Waals surface area contributed by atoms with Gasteiger partial charge in [-0.05, 0) is 37.1 Å². The van der Waals surface area contributed by atoms with Crippen molar-refractivity contribution >= 4 is 7.32 Å². The Hall–Kier alpha value is -2.36. The molecule has 0 N–H and O–H groups in total. The summed E-state index contributed by atoms with van der Waals surface area (Å²) in [5, 5.41) is 0. The Balaban J connectivity index is 1.57. The summed E-state index contributed by atoms with van der Waals surface area (Å²) in [4.78, 5) is 0. The van der Waals surface area contributed by atoms with Gasteiger partial charge >= 0.3 is 7.32 Å². The number of para-hydroxylation sites is 2. The van der Waals surface area contributed by atoms with Crippen LogP contribution in [0, 0.1) is 0 Å². The highest BCUT2D eigenvalue weighted by atomic mass is 16.8. The van der Waals surface area contributed by atoms with Crippen molar-refractivity contribution in [3.8, 4) is 11.5 Å². The van der Waals surface area contributed by atoms with Gasteiger partial charge in [0, 0.05) is 0 Å². The van der Waals surface area contributed by atoms with Crippen molar-refractivity contribution in [1.29, 1.82) is 0 Å². The van der Waals surface area contributed by atoms with E-state index >= 15 is 0 Å². The first-order valence-corrected chi connectivity index (χ1v) is 6.61. The first kappa shape index (κ1) is 12.7. The lowest BCUT2D eigenvalue weighted by Gasteiger charge is -2.07. The molecule has 100 valence electrons. The average Bonchev–Trinajstić information content (AvgIpc) is 2.88. The van der Waals surface area contributed by atoms with Gasteiger partial charge in [0.25, 0.3) is 0 Å². The molecule has 0 saturated heterocycles. The molecule has 0 saturated carbocycles. The summed E-state index contributed by atoms with van der Waals surface area (Å²) in [5.41, 5.74) is 1.24. The number of fused-ring (bicyclic) bond motifs is 1. The lowest BCUT2D eigenvalue weighted by molar-refractivity contribution is 0.287. The number of hydrogen-bond donors (Lipinski definition) is 0. The maximum absolute atomic E-state index is 5.63. The second-order valence-electron chi connectivity index (χ2n) is 4.59. The van der Waals surface area contributed by atoms with Gasteiger partial charge in [0.15, 0.2) is 0 Å². The van der Waals surface area contributed by atoms with Crippen LogP contribution in [-0.2, 0) is 11.1 Å². The normalized spacial score (nSPS) is 13.4. The van der Waals surface area contributed by atoms with Crippen LogP contribution in [0.4, 0.5) is 0 Å². The molecular formula is C16H15BO3. The zero-order valence-electron chi connectivity index (χ0n) is 11.3. The van der Waals surface area contributed by atoms with E-state index in [1.54, 1.807) is 0 Å². The van der Waals surface area contributed by atoms with E-state index in [1.807, 2.05) is 55.5 Å². The fourth-order valence-corrected chi connectivity index (χ4v) is 2.00. The molecular weight excluding hydrogens is 251 g/mol. The first-order chi connectivity index (χ1) is 9.81. The number of benzene rings is 2. The third kappa shape index (κ3) is 2.96. The van der Waals surface area contributed by atoms with Gasteiger partial charge in [-0.15, -0.1) is 0 Å². The molecule has 0 aromatic heterocycles. The summed E-state index contributed by atoms with van der Waals surface area (Å²) < 4.78 is 16.7. The van der Waals surface area contributed by atoms with Gasteiger partial charge < -0.3 is 14.0 Å². The Morgan fingerprint density at radius 3 is 2.25 bits per heavy atom. The van der Waals surface area contributed by atoms with Crippen LogP contribution in [-0.4, -0.2) is 7.32 Å².